The highest BCUT2D eigenvalue weighted by Gasteiger charge is 2.28. The van der Waals surface area contributed by atoms with Gasteiger partial charge in [-0.25, -0.2) is 0 Å². The van der Waals surface area contributed by atoms with E-state index in [0.29, 0.717) is 5.92 Å². The van der Waals surface area contributed by atoms with Crippen LogP contribution < -0.4 is 14.8 Å². The molecule has 0 aromatic heterocycles. The lowest BCUT2D eigenvalue weighted by Gasteiger charge is -2.24. The Balaban J connectivity index is 2.36. The lowest BCUT2D eigenvalue weighted by Crippen LogP contribution is -2.26. The van der Waals surface area contributed by atoms with Crippen molar-refractivity contribution in [2.45, 2.75) is 12.5 Å². The highest BCUT2D eigenvalue weighted by atomic mass is 79.9. The zero-order valence-electron chi connectivity index (χ0n) is 11.5. The zero-order chi connectivity index (χ0) is 13.8. The standard InChI is InChI=1S/C14H20BrNO3/c1-16-14(9-4-5-19-8-9)10-6-12(17-2)13(18-3)7-11(10)15/h6-7,9,14,16H,4-5,8H2,1-3H3. The molecule has 0 aliphatic carbocycles. The highest BCUT2D eigenvalue weighted by molar-refractivity contribution is 9.10. The van der Waals surface area contributed by atoms with E-state index in [1.165, 1.54) is 5.56 Å². The van der Waals surface area contributed by atoms with Gasteiger partial charge in [0.25, 0.3) is 0 Å². The summed E-state index contributed by atoms with van der Waals surface area (Å²) in [6.45, 7) is 1.64. The van der Waals surface area contributed by atoms with E-state index in [2.05, 4.69) is 21.2 Å². The normalized spacial score (nSPS) is 20.3. The van der Waals surface area contributed by atoms with Crippen LogP contribution in [0.5, 0.6) is 11.5 Å². The maximum atomic E-state index is 5.49. The molecule has 2 unspecified atom stereocenters. The van der Waals surface area contributed by atoms with Gasteiger partial charge in [-0.05, 0) is 31.2 Å². The van der Waals surface area contributed by atoms with Crippen molar-refractivity contribution in [3.8, 4) is 11.5 Å². The van der Waals surface area contributed by atoms with E-state index in [-0.39, 0.29) is 6.04 Å². The molecule has 1 aromatic rings. The molecule has 0 saturated carbocycles. The van der Waals surface area contributed by atoms with E-state index in [9.17, 15) is 0 Å². The molecule has 2 rings (SSSR count). The van der Waals surface area contributed by atoms with E-state index in [0.717, 1.165) is 35.6 Å². The van der Waals surface area contributed by atoms with Gasteiger partial charge in [0.05, 0.1) is 20.8 Å². The second kappa shape index (κ2) is 6.59. The average molecular weight is 330 g/mol. The first-order valence-corrected chi connectivity index (χ1v) is 7.17. The van der Waals surface area contributed by atoms with Gasteiger partial charge in [0.2, 0.25) is 0 Å². The first-order valence-electron chi connectivity index (χ1n) is 6.37. The summed E-state index contributed by atoms with van der Waals surface area (Å²) in [6.07, 6.45) is 1.08. The van der Waals surface area contributed by atoms with Crippen LogP contribution in [0.4, 0.5) is 0 Å². The molecule has 0 radical (unpaired) electrons. The van der Waals surface area contributed by atoms with Crippen molar-refractivity contribution >= 4 is 15.9 Å². The molecule has 106 valence electrons. The molecule has 2 atom stereocenters. The summed E-state index contributed by atoms with van der Waals surface area (Å²) in [5.74, 6) is 1.97. The Hall–Kier alpha value is -0.780. The third-order valence-electron chi connectivity index (χ3n) is 3.59. The molecule has 1 aromatic carbocycles. The van der Waals surface area contributed by atoms with E-state index in [4.69, 9.17) is 14.2 Å². The van der Waals surface area contributed by atoms with Crippen LogP contribution in [-0.2, 0) is 4.74 Å². The largest absolute Gasteiger partial charge is 0.493 e. The summed E-state index contributed by atoms with van der Waals surface area (Å²) in [5.41, 5.74) is 1.18. The fourth-order valence-electron chi connectivity index (χ4n) is 2.57. The predicted octanol–water partition coefficient (Wildman–Crippen LogP) is 2.76. The van der Waals surface area contributed by atoms with Crippen molar-refractivity contribution in [3.05, 3.63) is 22.2 Å². The quantitative estimate of drug-likeness (QED) is 0.901. The molecular formula is C14H20BrNO3. The van der Waals surface area contributed by atoms with Crippen LogP contribution in [0.2, 0.25) is 0 Å². The van der Waals surface area contributed by atoms with Crippen LogP contribution in [0.1, 0.15) is 18.0 Å². The maximum absolute atomic E-state index is 5.49. The van der Waals surface area contributed by atoms with Crippen molar-refractivity contribution in [2.24, 2.45) is 5.92 Å². The number of nitrogens with one attached hydrogen (secondary N) is 1. The van der Waals surface area contributed by atoms with Crippen molar-refractivity contribution in [3.63, 3.8) is 0 Å². The number of hydrogen-bond donors (Lipinski definition) is 1. The summed E-state index contributed by atoms with van der Waals surface area (Å²) >= 11 is 3.62. The number of hydrogen-bond acceptors (Lipinski definition) is 4. The molecule has 4 nitrogen and oxygen atoms in total. The van der Waals surface area contributed by atoms with Crippen LogP contribution in [0.25, 0.3) is 0 Å². The van der Waals surface area contributed by atoms with Crippen LogP contribution in [0.15, 0.2) is 16.6 Å². The van der Waals surface area contributed by atoms with E-state index in [1.807, 2.05) is 19.2 Å². The summed E-state index contributed by atoms with van der Waals surface area (Å²) in [5, 5.41) is 3.38. The first-order chi connectivity index (χ1) is 9.21. The molecule has 0 spiro atoms. The molecule has 1 fully saturated rings. The van der Waals surface area contributed by atoms with Crippen molar-refractivity contribution in [2.75, 3.05) is 34.5 Å². The minimum Gasteiger partial charge on any atom is -0.493 e. The van der Waals surface area contributed by atoms with Crippen molar-refractivity contribution in [1.82, 2.24) is 5.32 Å². The average Bonchev–Trinajstić information content (AvgIpc) is 2.94. The summed E-state index contributed by atoms with van der Waals surface area (Å²) in [6, 6.07) is 4.23. The summed E-state index contributed by atoms with van der Waals surface area (Å²) in [4.78, 5) is 0. The van der Waals surface area contributed by atoms with Gasteiger partial charge in [0, 0.05) is 23.0 Å². The van der Waals surface area contributed by atoms with Gasteiger partial charge < -0.3 is 19.5 Å². The van der Waals surface area contributed by atoms with Crippen molar-refractivity contribution in [1.29, 1.82) is 0 Å². The third-order valence-corrected chi connectivity index (χ3v) is 4.27. The molecule has 1 aliphatic rings. The smallest absolute Gasteiger partial charge is 0.161 e. The fourth-order valence-corrected chi connectivity index (χ4v) is 3.14. The number of benzene rings is 1. The number of halogens is 1. The zero-order valence-corrected chi connectivity index (χ0v) is 13.1. The highest BCUT2D eigenvalue weighted by Crippen LogP contribution is 2.39. The van der Waals surface area contributed by atoms with Crippen LogP contribution in [0, 0.1) is 5.92 Å². The van der Waals surface area contributed by atoms with Gasteiger partial charge in [0.15, 0.2) is 11.5 Å². The monoisotopic (exact) mass is 329 g/mol. The van der Waals surface area contributed by atoms with Gasteiger partial charge in [-0.15, -0.1) is 0 Å². The van der Waals surface area contributed by atoms with E-state index < -0.39 is 0 Å². The van der Waals surface area contributed by atoms with Gasteiger partial charge in [-0.3, -0.25) is 0 Å². The lowest BCUT2D eigenvalue weighted by atomic mass is 9.92. The predicted molar refractivity (Wildman–Crippen MR) is 78.0 cm³/mol. The second-order valence-electron chi connectivity index (χ2n) is 4.62. The molecule has 5 heteroatoms. The summed E-state index contributed by atoms with van der Waals surface area (Å²) in [7, 11) is 5.28. The van der Waals surface area contributed by atoms with Crippen LogP contribution in [0.3, 0.4) is 0 Å². The molecule has 0 bridgehead atoms. The first kappa shape index (κ1) is 14.6. The van der Waals surface area contributed by atoms with Gasteiger partial charge in [-0.1, -0.05) is 15.9 Å². The Morgan fingerprint density at radius 3 is 2.53 bits per heavy atom. The lowest BCUT2D eigenvalue weighted by molar-refractivity contribution is 0.177. The topological polar surface area (TPSA) is 39.7 Å². The maximum Gasteiger partial charge on any atom is 0.161 e. The third kappa shape index (κ3) is 3.04. The van der Waals surface area contributed by atoms with E-state index in [1.54, 1.807) is 14.2 Å². The number of ether oxygens (including phenoxy) is 3. The van der Waals surface area contributed by atoms with Gasteiger partial charge in [0.1, 0.15) is 0 Å². The van der Waals surface area contributed by atoms with Gasteiger partial charge in [-0.2, -0.15) is 0 Å². The molecule has 1 aliphatic heterocycles. The number of methoxy groups -OCH3 is 2. The summed E-state index contributed by atoms with van der Waals surface area (Å²) < 4.78 is 17.2. The Bertz CT molecular complexity index is 433. The van der Waals surface area contributed by atoms with Crippen LogP contribution in [-0.4, -0.2) is 34.5 Å². The SMILES string of the molecule is CNC(c1cc(OC)c(OC)cc1Br)C1CCOC1. The van der Waals surface area contributed by atoms with Crippen molar-refractivity contribution < 1.29 is 14.2 Å². The Morgan fingerprint density at radius 2 is 2.00 bits per heavy atom. The molecule has 19 heavy (non-hydrogen) atoms. The van der Waals surface area contributed by atoms with E-state index >= 15 is 0 Å². The molecule has 1 saturated heterocycles. The number of rotatable bonds is 5. The molecule has 1 heterocycles. The Kier molecular flexibility index (Phi) is 5.07. The van der Waals surface area contributed by atoms with Gasteiger partial charge >= 0.3 is 0 Å². The minimum atomic E-state index is 0.247. The molecule has 1 N–H and O–H groups in total. The molecule has 0 amide bonds. The fraction of sp³-hybridized carbons (Fsp3) is 0.571. The Morgan fingerprint density at radius 1 is 1.32 bits per heavy atom. The Labute approximate surface area is 122 Å². The van der Waals surface area contributed by atoms with Crippen LogP contribution >= 0.6 is 15.9 Å². The second-order valence-corrected chi connectivity index (χ2v) is 5.47. The minimum absolute atomic E-state index is 0.247. The molecular weight excluding hydrogens is 310 g/mol.